The average molecular weight is 495 g/mol. The van der Waals surface area contributed by atoms with Crippen molar-refractivity contribution in [2.75, 3.05) is 24.5 Å². The molecule has 1 aromatic heterocycles. The topological polar surface area (TPSA) is 61.7 Å². The average Bonchev–Trinajstić information content (AvgIpc) is 3.20. The van der Waals surface area contributed by atoms with E-state index >= 15 is 0 Å². The van der Waals surface area contributed by atoms with Crippen molar-refractivity contribution in [1.82, 2.24) is 15.2 Å². The summed E-state index contributed by atoms with van der Waals surface area (Å²) < 4.78 is 2.14. The third kappa shape index (κ3) is 6.54. The molecule has 1 saturated heterocycles. The normalized spacial score (nSPS) is 14.5. The quantitative estimate of drug-likeness (QED) is 0.352. The second kappa shape index (κ2) is 11.7. The molecule has 2 aromatic rings. The Bertz CT molecular complexity index is 743. The van der Waals surface area contributed by atoms with Crippen LogP contribution in [0, 0.1) is 0 Å². The number of carbonyl (C=O) groups excluding carboxylic acids is 1. The van der Waals surface area contributed by atoms with Gasteiger partial charge >= 0.3 is 0 Å². The molecule has 1 amide bonds. The van der Waals surface area contributed by atoms with Gasteiger partial charge < -0.3 is 20.1 Å². The highest BCUT2D eigenvalue weighted by Gasteiger charge is 2.19. The molecule has 3 rings (SSSR count). The van der Waals surface area contributed by atoms with E-state index in [1.807, 2.05) is 29.2 Å². The molecule has 0 unspecified atom stereocenters. The lowest BCUT2D eigenvalue weighted by atomic mass is 10.1. The minimum Gasteiger partial charge on any atom is -0.357 e. The lowest BCUT2D eigenvalue weighted by molar-refractivity contribution is -0.119. The lowest BCUT2D eigenvalue weighted by Gasteiger charge is -2.26. The van der Waals surface area contributed by atoms with Crippen LogP contribution in [0.2, 0.25) is 0 Å². The Labute approximate surface area is 184 Å². The highest BCUT2D eigenvalue weighted by atomic mass is 127. The van der Waals surface area contributed by atoms with Crippen LogP contribution in [0.1, 0.15) is 31.7 Å². The maximum atomic E-state index is 12.0. The molecule has 0 radical (unpaired) electrons. The van der Waals surface area contributed by atoms with Gasteiger partial charge in [0.1, 0.15) is 0 Å². The van der Waals surface area contributed by atoms with E-state index < -0.39 is 0 Å². The third-order valence-electron chi connectivity index (χ3n) is 4.66. The monoisotopic (exact) mass is 495 g/mol. The summed E-state index contributed by atoms with van der Waals surface area (Å²) >= 11 is 0. The van der Waals surface area contributed by atoms with E-state index in [1.165, 1.54) is 0 Å². The van der Waals surface area contributed by atoms with Gasteiger partial charge in [0, 0.05) is 50.7 Å². The molecule has 0 aliphatic carbocycles. The van der Waals surface area contributed by atoms with Gasteiger partial charge in [-0.15, -0.1) is 24.0 Å². The highest BCUT2D eigenvalue weighted by Crippen LogP contribution is 2.21. The number of guanidine groups is 1. The van der Waals surface area contributed by atoms with Gasteiger partial charge in [-0.1, -0.05) is 12.1 Å². The molecule has 0 saturated carbocycles. The Morgan fingerprint density at radius 1 is 1.11 bits per heavy atom. The first kappa shape index (κ1) is 22.3. The van der Waals surface area contributed by atoms with Gasteiger partial charge in [-0.25, -0.2) is 4.99 Å². The smallest absolute Gasteiger partial charge is 0.226 e. The number of rotatable bonds is 7. The summed E-state index contributed by atoms with van der Waals surface area (Å²) in [6.07, 6.45) is 6.86. The standard InChI is InChI=1S/C21H29N5O.HI/c1-2-22-21(23-12-16-25-13-5-6-14-25)24-17-18-8-10-19(11-9-18)26-15-4-3-7-20(26)27;/h5-6,8-11,13-14H,2-4,7,12,15-17H2,1H3,(H2,22,23,24);1H. The minimum atomic E-state index is 0. The number of hydrogen-bond donors (Lipinski definition) is 2. The fourth-order valence-corrected chi connectivity index (χ4v) is 3.19. The van der Waals surface area contributed by atoms with E-state index in [2.05, 4.69) is 51.6 Å². The molecule has 1 aliphatic heterocycles. The van der Waals surface area contributed by atoms with Crippen molar-refractivity contribution in [2.24, 2.45) is 4.99 Å². The summed E-state index contributed by atoms with van der Waals surface area (Å²) in [6.45, 7) is 6.03. The Hall–Kier alpha value is -2.03. The van der Waals surface area contributed by atoms with Gasteiger partial charge in [0.05, 0.1) is 6.54 Å². The van der Waals surface area contributed by atoms with E-state index in [1.54, 1.807) is 0 Å². The molecule has 1 aromatic carbocycles. The fraction of sp³-hybridized carbons (Fsp3) is 0.429. The largest absolute Gasteiger partial charge is 0.357 e. The van der Waals surface area contributed by atoms with Gasteiger partial charge in [-0.3, -0.25) is 4.79 Å². The number of hydrogen-bond acceptors (Lipinski definition) is 2. The van der Waals surface area contributed by atoms with Crippen LogP contribution in [0.5, 0.6) is 0 Å². The lowest BCUT2D eigenvalue weighted by Crippen LogP contribution is -2.38. The number of anilines is 1. The third-order valence-corrected chi connectivity index (χ3v) is 4.66. The fourth-order valence-electron chi connectivity index (χ4n) is 3.19. The van der Waals surface area contributed by atoms with Crippen molar-refractivity contribution < 1.29 is 4.79 Å². The van der Waals surface area contributed by atoms with Crippen molar-refractivity contribution >= 4 is 41.5 Å². The molecule has 6 nitrogen and oxygen atoms in total. The second-order valence-electron chi connectivity index (χ2n) is 6.71. The van der Waals surface area contributed by atoms with E-state index in [-0.39, 0.29) is 29.9 Å². The summed E-state index contributed by atoms with van der Waals surface area (Å²) in [5, 5.41) is 6.64. The first-order valence-corrected chi connectivity index (χ1v) is 9.78. The molecular weight excluding hydrogens is 465 g/mol. The molecule has 1 aliphatic rings. The van der Waals surface area contributed by atoms with Crippen molar-refractivity contribution in [3.8, 4) is 0 Å². The van der Waals surface area contributed by atoms with Crippen LogP contribution < -0.4 is 15.5 Å². The van der Waals surface area contributed by atoms with Crippen LogP contribution in [0.15, 0.2) is 53.8 Å². The van der Waals surface area contributed by atoms with Gasteiger partial charge in [0.15, 0.2) is 5.96 Å². The highest BCUT2D eigenvalue weighted by molar-refractivity contribution is 14.0. The molecule has 28 heavy (non-hydrogen) atoms. The number of halogens is 1. The zero-order chi connectivity index (χ0) is 18.9. The number of aromatic nitrogens is 1. The Balaban J connectivity index is 0.00000280. The van der Waals surface area contributed by atoms with E-state index in [0.29, 0.717) is 13.0 Å². The van der Waals surface area contributed by atoms with E-state index in [0.717, 1.165) is 56.2 Å². The summed E-state index contributed by atoms with van der Waals surface area (Å²) in [5.41, 5.74) is 2.12. The van der Waals surface area contributed by atoms with E-state index in [4.69, 9.17) is 0 Å². The van der Waals surface area contributed by atoms with Crippen LogP contribution in [-0.2, 0) is 17.9 Å². The number of amides is 1. The predicted molar refractivity (Wildman–Crippen MR) is 125 cm³/mol. The molecule has 0 spiro atoms. The molecule has 0 bridgehead atoms. The summed E-state index contributed by atoms with van der Waals surface area (Å²) in [6, 6.07) is 12.2. The number of piperidine rings is 1. The Morgan fingerprint density at radius 2 is 1.86 bits per heavy atom. The second-order valence-corrected chi connectivity index (χ2v) is 6.71. The summed E-state index contributed by atoms with van der Waals surface area (Å²) in [4.78, 5) is 18.6. The molecule has 0 atom stereocenters. The molecular formula is C21H30IN5O. The maximum absolute atomic E-state index is 12.0. The molecule has 2 N–H and O–H groups in total. The van der Waals surface area contributed by atoms with Crippen molar-refractivity contribution in [1.29, 1.82) is 0 Å². The SMILES string of the molecule is CCNC(=NCc1ccc(N2CCCCC2=O)cc1)NCCn1cccc1.I. The van der Waals surface area contributed by atoms with E-state index in [9.17, 15) is 4.79 Å². The molecule has 1 fully saturated rings. The molecule has 7 heteroatoms. The number of benzene rings is 1. The number of carbonyl (C=O) groups is 1. The first-order valence-electron chi connectivity index (χ1n) is 9.78. The summed E-state index contributed by atoms with van der Waals surface area (Å²) in [7, 11) is 0. The van der Waals surface area contributed by atoms with Gasteiger partial charge in [0.25, 0.3) is 0 Å². The number of nitrogens with zero attached hydrogens (tertiary/aromatic N) is 3. The van der Waals surface area contributed by atoms with Crippen molar-refractivity contribution in [3.63, 3.8) is 0 Å². The first-order chi connectivity index (χ1) is 13.3. The number of nitrogens with one attached hydrogen (secondary N) is 2. The predicted octanol–water partition coefficient (Wildman–Crippen LogP) is 3.38. The van der Waals surface area contributed by atoms with Crippen LogP contribution >= 0.6 is 24.0 Å². The van der Waals surface area contributed by atoms with Crippen molar-refractivity contribution in [2.45, 2.75) is 39.3 Å². The zero-order valence-electron chi connectivity index (χ0n) is 16.4. The van der Waals surface area contributed by atoms with Crippen LogP contribution in [0.3, 0.4) is 0 Å². The van der Waals surface area contributed by atoms with Crippen LogP contribution in [0.4, 0.5) is 5.69 Å². The zero-order valence-corrected chi connectivity index (χ0v) is 18.8. The van der Waals surface area contributed by atoms with Gasteiger partial charge in [-0.2, -0.15) is 0 Å². The maximum Gasteiger partial charge on any atom is 0.226 e. The minimum absolute atomic E-state index is 0. The molecule has 2 heterocycles. The van der Waals surface area contributed by atoms with Crippen LogP contribution in [0.25, 0.3) is 0 Å². The summed E-state index contributed by atoms with van der Waals surface area (Å²) in [5.74, 6) is 1.05. The van der Waals surface area contributed by atoms with Gasteiger partial charge in [-0.05, 0) is 49.6 Å². The Kier molecular flexibility index (Phi) is 9.33. The van der Waals surface area contributed by atoms with Crippen LogP contribution in [-0.4, -0.2) is 36.1 Å². The molecule has 152 valence electrons. The van der Waals surface area contributed by atoms with Crippen molar-refractivity contribution in [3.05, 3.63) is 54.4 Å². The number of aliphatic imine (C=N–C) groups is 1. The Morgan fingerprint density at radius 3 is 2.54 bits per heavy atom. The van der Waals surface area contributed by atoms with Gasteiger partial charge in [0.2, 0.25) is 5.91 Å².